The van der Waals surface area contributed by atoms with Crippen LogP contribution in [0.15, 0.2) is 24.3 Å². The van der Waals surface area contributed by atoms with E-state index in [1.807, 2.05) is 20.0 Å². The first-order chi connectivity index (χ1) is 8.10. The molecular weight excluding hydrogens is 210 g/mol. The quantitative estimate of drug-likeness (QED) is 0.856. The van der Waals surface area contributed by atoms with E-state index < -0.39 is 0 Å². The number of hydrogen-bond donors (Lipinski definition) is 1. The topological polar surface area (TPSA) is 37.8 Å². The molecule has 0 unspecified atom stereocenters. The van der Waals surface area contributed by atoms with Gasteiger partial charge in [-0.15, -0.1) is 0 Å². The maximum absolute atomic E-state index is 4.49. The molecule has 0 aliphatic carbocycles. The Morgan fingerprint density at radius 3 is 2.41 bits per heavy atom. The van der Waals surface area contributed by atoms with Gasteiger partial charge in [-0.05, 0) is 26.3 Å². The molecule has 1 N–H and O–H groups in total. The third-order valence-electron chi connectivity index (χ3n) is 2.75. The highest BCUT2D eigenvalue weighted by molar-refractivity contribution is 5.66. The van der Waals surface area contributed by atoms with Crippen molar-refractivity contribution >= 4 is 5.82 Å². The summed E-state index contributed by atoms with van der Waals surface area (Å²) in [7, 11) is 1.87. The fraction of sp³-hybridized carbons (Fsp3) is 0.286. The summed E-state index contributed by atoms with van der Waals surface area (Å²) >= 11 is 0. The molecule has 17 heavy (non-hydrogen) atoms. The second kappa shape index (κ2) is 4.53. The van der Waals surface area contributed by atoms with E-state index in [1.54, 1.807) is 0 Å². The lowest BCUT2D eigenvalue weighted by atomic mass is 10.0. The number of nitrogens with zero attached hydrogens (tertiary/aromatic N) is 2. The molecule has 0 saturated carbocycles. The SMILES string of the molecule is CNc1cc(-c2ccc(C)cc2C)nc(C)n1. The molecule has 3 nitrogen and oxygen atoms in total. The summed E-state index contributed by atoms with van der Waals surface area (Å²) in [4.78, 5) is 8.79. The molecule has 0 aliphatic rings. The molecule has 0 atom stereocenters. The minimum Gasteiger partial charge on any atom is -0.373 e. The average Bonchev–Trinajstić information content (AvgIpc) is 2.28. The van der Waals surface area contributed by atoms with Crippen LogP contribution in [0.3, 0.4) is 0 Å². The number of benzene rings is 1. The third-order valence-corrected chi connectivity index (χ3v) is 2.75. The fourth-order valence-electron chi connectivity index (χ4n) is 1.93. The van der Waals surface area contributed by atoms with Crippen LogP contribution in [-0.2, 0) is 0 Å². The standard InChI is InChI=1S/C14H17N3/c1-9-5-6-12(10(2)7-9)13-8-14(15-4)17-11(3)16-13/h5-8H,1-4H3,(H,15,16,17). The van der Waals surface area contributed by atoms with Crippen LogP contribution in [-0.4, -0.2) is 17.0 Å². The van der Waals surface area contributed by atoms with Gasteiger partial charge in [0.1, 0.15) is 11.6 Å². The van der Waals surface area contributed by atoms with E-state index in [9.17, 15) is 0 Å². The molecule has 2 aromatic rings. The van der Waals surface area contributed by atoms with Crippen molar-refractivity contribution in [1.29, 1.82) is 0 Å². The van der Waals surface area contributed by atoms with Crippen molar-refractivity contribution in [3.63, 3.8) is 0 Å². The maximum Gasteiger partial charge on any atom is 0.130 e. The van der Waals surface area contributed by atoms with Crippen LogP contribution in [0.5, 0.6) is 0 Å². The van der Waals surface area contributed by atoms with Crippen LogP contribution in [0, 0.1) is 20.8 Å². The number of anilines is 1. The van der Waals surface area contributed by atoms with Crippen molar-refractivity contribution in [2.75, 3.05) is 12.4 Å². The van der Waals surface area contributed by atoms with Crippen LogP contribution in [0.2, 0.25) is 0 Å². The Morgan fingerprint density at radius 1 is 1.00 bits per heavy atom. The number of nitrogens with one attached hydrogen (secondary N) is 1. The molecule has 0 radical (unpaired) electrons. The van der Waals surface area contributed by atoms with Crippen molar-refractivity contribution < 1.29 is 0 Å². The van der Waals surface area contributed by atoms with Gasteiger partial charge in [-0.3, -0.25) is 0 Å². The molecule has 1 heterocycles. The minimum absolute atomic E-state index is 0.784. The van der Waals surface area contributed by atoms with Gasteiger partial charge < -0.3 is 5.32 Å². The highest BCUT2D eigenvalue weighted by atomic mass is 15.0. The smallest absolute Gasteiger partial charge is 0.130 e. The Morgan fingerprint density at radius 2 is 1.76 bits per heavy atom. The summed E-state index contributed by atoms with van der Waals surface area (Å²) in [6, 6.07) is 8.38. The zero-order chi connectivity index (χ0) is 12.4. The normalized spacial score (nSPS) is 10.4. The summed E-state index contributed by atoms with van der Waals surface area (Å²) < 4.78 is 0. The zero-order valence-corrected chi connectivity index (χ0v) is 10.7. The minimum atomic E-state index is 0.784. The molecule has 2 rings (SSSR count). The van der Waals surface area contributed by atoms with Gasteiger partial charge in [0.25, 0.3) is 0 Å². The highest BCUT2D eigenvalue weighted by Gasteiger charge is 2.06. The monoisotopic (exact) mass is 227 g/mol. The van der Waals surface area contributed by atoms with E-state index in [-0.39, 0.29) is 0 Å². The fourth-order valence-corrected chi connectivity index (χ4v) is 1.93. The lowest BCUT2D eigenvalue weighted by Crippen LogP contribution is -1.99. The van der Waals surface area contributed by atoms with Gasteiger partial charge in [0.2, 0.25) is 0 Å². The Labute approximate surface area is 102 Å². The number of aryl methyl sites for hydroxylation is 3. The molecule has 0 fully saturated rings. The molecule has 0 aliphatic heterocycles. The molecule has 0 amide bonds. The van der Waals surface area contributed by atoms with Gasteiger partial charge in [0, 0.05) is 18.7 Å². The van der Waals surface area contributed by atoms with E-state index in [2.05, 4.69) is 47.3 Å². The predicted octanol–water partition coefficient (Wildman–Crippen LogP) is 3.11. The second-order valence-corrected chi connectivity index (χ2v) is 4.25. The number of hydrogen-bond acceptors (Lipinski definition) is 3. The Bertz CT molecular complexity index is 547. The Balaban J connectivity index is 2.55. The van der Waals surface area contributed by atoms with Gasteiger partial charge in [-0.1, -0.05) is 23.8 Å². The van der Waals surface area contributed by atoms with Crippen LogP contribution in [0.1, 0.15) is 17.0 Å². The van der Waals surface area contributed by atoms with E-state index in [4.69, 9.17) is 0 Å². The van der Waals surface area contributed by atoms with Crippen molar-refractivity contribution in [2.45, 2.75) is 20.8 Å². The van der Waals surface area contributed by atoms with Gasteiger partial charge in [0.05, 0.1) is 5.69 Å². The lowest BCUT2D eigenvalue weighted by Gasteiger charge is -2.09. The number of rotatable bonds is 2. The van der Waals surface area contributed by atoms with Gasteiger partial charge in [0.15, 0.2) is 0 Å². The van der Waals surface area contributed by atoms with Gasteiger partial charge in [-0.25, -0.2) is 9.97 Å². The van der Waals surface area contributed by atoms with E-state index in [0.29, 0.717) is 0 Å². The van der Waals surface area contributed by atoms with E-state index in [1.165, 1.54) is 11.1 Å². The van der Waals surface area contributed by atoms with Crippen molar-refractivity contribution in [2.24, 2.45) is 0 Å². The van der Waals surface area contributed by atoms with Gasteiger partial charge >= 0.3 is 0 Å². The van der Waals surface area contributed by atoms with E-state index in [0.717, 1.165) is 22.9 Å². The summed E-state index contributed by atoms with van der Waals surface area (Å²) in [6.45, 7) is 6.12. The van der Waals surface area contributed by atoms with Gasteiger partial charge in [-0.2, -0.15) is 0 Å². The average molecular weight is 227 g/mol. The molecule has 1 aromatic carbocycles. The van der Waals surface area contributed by atoms with Crippen LogP contribution in [0.4, 0.5) is 5.82 Å². The third kappa shape index (κ3) is 2.44. The first-order valence-corrected chi connectivity index (χ1v) is 5.71. The molecule has 0 spiro atoms. The molecule has 1 aromatic heterocycles. The molecule has 88 valence electrons. The highest BCUT2D eigenvalue weighted by Crippen LogP contribution is 2.24. The molecular formula is C14H17N3. The van der Waals surface area contributed by atoms with Crippen LogP contribution >= 0.6 is 0 Å². The summed E-state index contributed by atoms with van der Waals surface area (Å²) in [6.07, 6.45) is 0. The molecule has 3 heteroatoms. The van der Waals surface area contributed by atoms with Crippen molar-refractivity contribution in [3.8, 4) is 11.3 Å². The first kappa shape index (κ1) is 11.6. The largest absolute Gasteiger partial charge is 0.373 e. The summed E-state index contributed by atoms with van der Waals surface area (Å²) in [5.41, 5.74) is 4.65. The first-order valence-electron chi connectivity index (χ1n) is 5.71. The maximum atomic E-state index is 4.49. The molecule has 0 saturated heterocycles. The van der Waals surface area contributed by atoms with Crippen LogP contribution in [0.25, 0.3) is 11.3 Å². The molecule has 0 bridgehead atoms. The number of aromatic nitrogens is 2. The second-order valence-electron chi connectivity index (χ2n) is 4.25. The Hall–Kier alpha value is -1.90. The van der Waals surface area contributed by atoms with Crippen molar-refractivity contribution in [1.82, 2.24) is 9.97 Å². The summed E-state index contributed by atoms with van der Waals surface area (Å²) in [5, 5.41) is 3.06. The Kier molecular flexibility index (Phi) is 3.09. The predicted molar refractivity (Wildman–Crippen MR) is 71.2 cm³/mol. The lowest BCUT2D eigenvalue weighted by molar-refractivity contribution is 1.05. The van der Waals surface area contributed by atoms with E-state index >= 15 is 0 Å². The zero-order valence-electron chi connectivity index (χ0n) is 10.7. The summed E-state index contributed by atoms with van der Waals surface area (Å²) in [5.74, 6) is 1.64. The van der Waals surface area contributed by atoms with Crippen molar-refractivity contribution in [3.05, 3.63) is 41.2 Å². The van der Waals surface area contributed by atoms with Crippen LogP contribution < -0.4 is 5.32 Å².